The summed E-state index contributed by atoms with van der Waals surface area (Å²) >= 11 is 14.4. The van der Waals surface area contributed by atoms with Crippen LogP contribution < -0.4 is 14.8 Å². The zero-order valence-electron chi connectivity index (χ0n) is 17.7. The fraction of sp³-hybridized carbons (Fsp3) is 0.0370. The summed E-state index contributed by atoms with van der Waals surface area (Å²) in [5.74, 6) is 0.419. The second-order valence-corrected chi connectivity index (χ2v) is 9.70. The molecule has 0 fully saturated rings. The van der Waals surface area contributed by atoms with E-state index in [1.165, 1.54) is 11.3 Å². The highest BCUT2D eigenvalue weighted by Gasteiger charge is 2.13. The minimum Gasteiger partial charge on any atom is -0.486 e. The van der Waals surface area contributed by atoms with E-state index in [0.717, 1.165) is 32.9 Å². The molecule has 0 aliphatic heterocycles. The Bertz CT molecular complexity index is 1800. The van der Waals surface area contributed by atoms with Crippen molar-refractivity contribution >= 4 is 67.4 Å². The van der Waals surface area contributed by atoms with Gasteiger partial charge in [-0.25, -0.2) is 9.38 Å². The molecular formula is C27H16Cl2N2O2S. The van der Waals surface area contributed by atoms with E-state index in [1.807, 2.05) is 48.5 Å². The van der Waals surface area contributed by atoms with Crippen molar-refractivity contribution in [3.8, 4) is 5.75 Å². The minimum atomic E-state index is -0.114. The lowest BCUT2D eigenvalue weighted by molar-refractivity contribution is 0.308. The molecule has 0 saturated carbocycles. The Morgan fingerprint density at radius 3 is 2.53 bits per heavy atom. The first-order chi connectivity index (χ1) is 16.6. The quantitative estimate of drug-likeness (QED) is 0.276. The van der Waals surface area contributed by atoms with Crippen molar-refractivity contribution in [2.24, 2.45) is 0 Å². The number of nitrogens with zero attached hydrogens (tertiary/aromatic N) is 2. The van der Waals surface area contributed by atoms with Gasteiger partial charge >= 0.3 is 0 Å². The van der Waals surface area contributed by atoms with Crippen LogP contribution in [0.1, 0.15) is 11.1 Å². The number of aromatic nitrogens is 2. The van der Waals surface area contributed by atoms with Gasteiger partial charge in [0.1, 0.15) is 6.61 Å². The van der Waals surface area contributed by atoms with E-state index < -0.39 is 0 Å². The maximum absolute atomic E-state index is 13.0. The molecule has 0 spiro atoms. The third-order valence-electron chi connectivity index (χ3n) is 5.72. The molecule has 2 aromatic heterocycles. The molecule has 0 radical (unpaired) electrons. The molecule has 0 atom stereocenters. The van der Waals surface area contributed by atoms with Crippen molar-refractivity contribution in [2.45, 2.75) is 6.61 Å². The number of thiazole rings is 1. The lowest BCUT2D eigenvalue weighted by atomic mass is 10.1. The van der Waals surface area contributed by atoms with Crippen LogP contribution >= 0.6 is 34.5 Å². The van der Waals surface area contributed by atoms with Gasteiger partial charge in [0.15, 0.2) is 10.7 Å². The zero-order chi connectivity index (χ0) is 23.2. The molecule has 0 amide bonds. The molecule has 0 saturated heterocycles. The molecule has 0 N–H and O–H groups in total. The maximum atomic E-state index is 13.0. The minimum absolute atomic E-state index is 0.114. The Balaban J connectivity index is 1.34. The van der Waals surface area contributed by atoms with Gasteiger partial charge in [-0.3, -0.25) is 4.79 Å². The van der Waals surface area contributed by atoms with E-state index >= 15 is 0 Å². The van der Waals surface area contributed by atoms with Crippen molar-refractivity contribution < 1.29 is 4.74 Å². The Hall–Kier alpha value is -3.38. The zero-order valence-corrected chi connectivity index (χ0v) is 20.0. The van der Waals surface area contributed by atoms with Gasteiger partial charge < -0.3 is 4.74 Å². The van der Waals surface area contributed by atoms with Crippen molar-refractivity contribution in [1.82, 2.24) is 9.38 Å². The van der Waals surface area contributed by atoms with Crippen molar-refractivity contribution in [3.05, 3.63) is 115 Å². The Kier molecular flexibility index (Phi) is 5.26. The lowest BCUT2D eigenvalue weighted by Crippen LogP contribution is -2.22. The van der Waals surface area contributed by atoms with Gasteiger partial charge in [0.2, 0.25) is 0 Å². The number of hydrogen-bond acceptors (Lipinski definition) is 4. The summed E-state index contributed by atoms with van der Waals surface area (Å²) in [6, 6.07) is 25.4. The first-order valence-corrected chi connectivity index (χ1v) is 12.2. The van der Waals surface area contributed by atoms with Crippen molar-refractivity contribution in [3.63, 3.8) is 0 Å². The summed E-state index contributed by atoms with van der Waals surface area (Å²) in [7, 11) is 0. The van der Waals surface area contributed by atoms with Crippen LogP contribution in [0, 0.1) is 0 Å². The number of hydrogen-bond donors (Lipinski definition) is 0. The van der Waals surface area contributed by atoms with Gasteiger partial charge in [-0.1, -0.05) is 89.1 Å². The molecule has 0 aliphatic rings. The third-order valence-corrected chi connectivity index (χ3v) is 7.25. The molecule has 6 aromatic rings. The molecule has 34 heavy (non-hydrogen) atoms. The molecular weight excluding hydrogens is 487 g/mol. The van der Waals surface area contributed by atoms with Gasteiger partial charge in [-0.05, 0) is 52.2 Å². The summed E-state index contributed by atoms with van der Waals surface area (Å²) in [5, 5.41) is 3.05. The van der Waals surface area contributed by atoms with Crippen LogP contribution in [0.4, 0.5) is 0 Å². The fourth-order valence-electron chi connectivity index (χ4n) is 4.13. The number of benzene rings is 4. The summed E-state index contributed by atoms with van der Waals surface area (Å²) in [4.78, 5) is 18.2. The van der Waals surface area contributed by atoms with Crippen LogP contribution in [0.25, 0.3) is 32.8 Å². The topological polar surface area (TPSA) is 43.6 Å². The van der Waals surface area contributed by atoms with Gasteiger partial charge in [0.05, 0.1) is 25.6 Å². The Morgan fingerprint density at radius 2 is 1.68 bits per heavy atom. The smallest absolute Gasteiger partial charge is 0.274 e. The second kappa shape index (κ2) is 8.44. The first kappa shape index (κ1) is 21.2. The summed E-state index contributed by atoms with van der Waals surface area (Å²) in [5.41, 5.74) is 3.25. The lowest BCUT2D eigenvalue weighted by Gasteiger charge is -2.12. The molecule has 4 nitrogen and oxygen atoms in total. The van der Waals surface area contributed by atoms with Gasteiger partial charge in [0, 0.05) is 0 Å². The number of para-hydroxylation sites is 2. The van der Waals surface area contributed by atoms with Crippen LogP contribution in [-0.2, 0) is 6.61 Å². The molecule has 4 aromatic carbocycles. The third kappa shape index (κ3) is 3.62. The molecule has 6 rings (SSSR count). The SMILES string of the molecule is O=c1/c(=C/c2cc(Cl)c(OCc3cccc4ccccc34)c(Cl)c2)sc2nc3ccccc3n12. The average molecular weight is 503 g/mol. The van der Waals surface area contributed by atoms with Gasteiger partial charge in [0.25, 0.3) is 5.56 Å². The molecule has 7 heteroatoms. The monoisotopic (exact) mass is 502 g/mol. The number of fused-ring (bicyclic) bond motifs is 4. The highest BCUT2D eigenvalue weighted by Crippen LogP contribution is 2.35. The first-order valence-electron chi connectivity index (χ1n) is 10.6. The summed E-state index contributed by atoms with van der Waals surface area (Å²) in [6.45, 7) is 0.337. The van der Waals surface area contributed by atoms with E-state index in [1.54, 1.807) is 22.6 Å². The number of ether oxygens (including phenoxy) is 1. The molecule has 0 bridgehead atoms. The number of rotatable bonds is 4. The van der Waals surface area contributed by atoms with Crippen LogP contribution in [0.2, 0.25) is 10.0 Å². The molecule has 2 heterocycles. The maximum Gasteiger partial charge on any atom is 0.274 e. The largest absolute Gasteiger partial charge is 0.486 e. The predicted molar refractivity (Wildman–Crippen MR) is 140 cm³/mol. The van der Waals surface area contributed by atoms with Crippen LogP contribution in [0.3, 0.4) is 0 Å². The van der Waals surface area contributed by atoms with Crippen molar-refractivity contribution in [1.29, 1.82) is 0 Å². The van der Waals surface area contributed by atoms with E-state index in [9.17, 15) is 4.79 Å². The van der Waals surface area contributed by atoms with Gasteiger partial charge in [-0.15, -0.1) is 0 Å². The van der Waals surface area contributed by atoms with E-state index in [0.29, 0.717) is 31.9 Å². The number of halogens is 2. The second-order valence-electron chi connectivity index (χ2n) is 7.87. The van der Waals surface area contributed by atoms with Crippen LogP contribution in [-0.4, -0.2) is 9.38 Å². The highest BCUT2D eigenvalue weighted by atomic mass is 35.5. The predicted octanol–water partition coefficient (Wildman–Crippen LogP) is 6.50. The normalized spacial score (nSPS) is 12.2. The Morgan fingerprint density at radius 1 is 0.941 bits per heavy atom. The van der Waals surface area contributed by atoms with Crippen molar-refractivity contribution in [2.75, 3.05) is 0 Å². The fourth-order valence-corrected chi connectivity index (χ4v) is 5.73. The van der Waals surface area contributed by atoms with Crippen LogP contribution in [0.15, 0.2) is 83.7 Å². The van der Waals surface area contributed by atoms with Crippen LogP contribution in [0.5, 0.6) is 5.75 Å². The molecule has 0 aliphatic carbocycles. The average Bonchev–Trinajstić information content (AvgIpc) is 3.34. The van der Waals surface area contributed by atoms with E-state index in [4.69, 9.17) is 27.9 Å². The standard InChI is InChI=1S/C27H16Cl2N2O2S/c28-20-12-16(14-24-26(32)31-23-11-4-3-10-22(23)30-27(31)34-24)13-21(29)25(20)33-15-18-8-5-7-17-6-1-2-9-19(17)18/h1-14H,15H2/b24-14-. The van der Waals surface area contributed by atoms with E-state index in [-0.39, 0.29) is 5.56 Å². The highest BCUT2D eigenvalue weighted by molar-refractivity contribution is 7.15. The summed E-state index contributed by atoms with van der Waals surface area (Å²) < 4.78 is 8.22. The van der Waals surface area contributed by atoms with E-state index in [2.05, 4.69) is 23.2 Å². The molecule has 0 unspecified atom stereocenters. The Labute approximate surface area is 208 Å². The summed E-state index contributed by atoms with van der Waals surface area (Å²) in [6.07, 6.45) is 1.78. The van der Waals surface area contributed by atoms with Gasteiger partial charge in [-0.2, -0.15) is 0 Å². The number of imidazole rings is 1. The molecule has 166 valence electrons.